The van der Waals surface area contributed by atoms with E-state index in [0.717, 1.165) is 17.9 Å². The van der Waals surface area contributed by atoms with Crippen molar-refractivity contribution >= 4 is 0 Å². The van der Waals surface area contributed by atoms with Crippen molar-refractivity contribution in [3.63, 3.8) is 0 Å². The maximum absolute atomic E-state index is 3.93. The second-order valence-corrected chi connectivity index (χ2v) is 8.33. The maximum Gasteiger partial charge on any atom is 0.0309 e. The second kappa shape index (κ2) is 7.00. The molecule has 3 aliphatic rings. The Morgan fingerprint density at radius 1 is 1.14 bits per heavy atom. The zero-order chi connectivity index (χ0) is 14.7. The predicted molar refractivity (Wildman–Crippen MR) is 90.6 cm³/mol. The lowest BCUT2D eigenvalue weighted by Gasteiger charge is -2.47. The molecule has 2 heteroatoms. The minimum Gasteiger partial charge on any atom is -0.308 e. The fraction of sp³-hybridized carbons (Fsp3) is 1.00. The summed E-state index contributed by atoms with van der Waals surface area (Å²) in [7, 11) is 0. The van der Waals surface area contributed by atoms with Crippen LogP contribution >= 0.6 is 0 Å². The summed E-state index contributed by atoms with van der Waals surface area (Å²) in [4.78, 5) is 2.86. The molecule has 3 unspecified atom stereocenters. The Morgan fingerprint density at radius 2 is 1.95 bits per heavy atom. The molecule has 0 aromatic rings. The molecule has 0 bridgehead atoms. The molecular weight excluding hydrogens is 256 g/mol. The van der Waals surface area contributed by atoms with Gasteiger partial charge in [0.05, 0.1) is 0 Å². The quantitative estimate of drug-likeness (QED) is 0.835. The average Bonchev–Trinajstić information content (AvgIpc) is 2.93. The van der Waals surface area contributed by atoms with Crippen LogP contribution in [0.15, 0.2) is 0 Å². The van der Waals surface area contributed by atoms with Crippen molar-refractivity contribution < 1.29 is 0 Å². The van der Waals surface area contributed by atoms with Gasteiger partial charge in [0.15, 0.2) is 0 Å². The standard InChI is InChI=1S/C19H36N2/c1-3-18-14-20-19(10-4-5-11-19)15-21(18)12-9-17-8-6-7-16(2)13-17/h16-18,20H,3-15H2,1-2H3. The highest BCUT2D eigenvalue weighted by Gasteiger charge is 2.40. The molecule has 122 valence electrons. The van der Waals surface area contributed by atoms with E-state index in [1.165, 1.54) is 83.8 Å². The lowest BCUT2D eigenvalue weighted by atomic mass is 9.80. The Bertz CT molecular complexity index is 322. The van der Waals surface area contributed by atoms with Crippen LogP contribution in [0.1, 0.15) is 78.1 Å². The first-order valence-corrected chi connectivity index (χ1v) is 9.70. The smallest absolute Gasteiger partial charge is 0.0309 e. The lowest BCUT2D eigenvalue weighted by molar-refractivity contribution is 0.0696. The van der Waals surface area contributed by atoms with Crippen LogP contribution in [0.4, 0.5) is 0 Å². The van der Waals surface area contributed by atoms with Gasteiger partial charge in [0.25, 0.3) is 0 Å². The zero-order valence-electron chi connectivity index (χ0n) is 14.4. The van der Waals surface area contributed by atoms with Gasteiger partial charge in [0, 0.05) is 24.7 Å². The van der Waals surface area contributed by atoms with Crippen molar-refractivity contribution in [1.82, 2.24) is 10.2 Å². The van der Waals surface area contributed by atoms with Gasteiger partial charge in [-0.1, -0.05) is 46.0 Å². The fourth-order valence-corrected chi connectivity index (χ4v) is 5.26. The molecule has 21 heavy (non-hydrogen) atoms. The van der Waals surface area contributed by atoms with Crippen LogP contribution in [0.3, 0.4) is 0 Å². The van der Waals surface area contributed by atoms with Crippen LogP contribution in [-0.2, 0) is 0 Å². The van der Waals surface area contributed by atoms with E-state index in [9.17, 15) is 0 Å². The summed E-state index contributed by atoms with van der Waals surface area (Å²) in [5, 5.41) is 3.93. The Balaban J connectivity index is 1.53. The van der Waals surface area contributed by atoms with Crippen LogP contribution in [0.5, 0.6) is 0 Å². The molecule has 3 rings (SSSR count). The fourth-order valence-electron chi connectivity index (χ4n) is 5.26. The molecular formula is C19H36N2. The van der Waals surface area contributed by atoms with E-state index in [4.69, 9.17) is 0 Å². The van der Waals surface area contributed by atoms with Gasteiger partial charge in [-0.05, 0) is 50.5 Å². The lowest BCUT2D eigenvalue weighted by Crippen LogP contribution is -2.63. The third-order valence-electron chi connectivity index (χ3n) is 6.64. The Kier molecular flexibility index (Phi) is 5.27. The molecule has 0 aromatic heterocycles. The van der Waals surface area contributed by atoms with Gasteiger partial charge in [-0.3, -0.25) is 4.90 Å². The third kappa shape index (κ3) is 3.82. The number of rotatable bonds is 4. The summed E-state index contributed by atoms with van der Waals surface area (Å²) in [5.74, 6) is 2.00. The number of hydrogen-bond donors (Lipinski definition) is 1. The number of piperazine rings is 1. The van der Waals surface area contributed by atoms with E-state index in [2.05, 4.69) is 24.1 Å². The van der Waals surface area contributed by atoms with Crippen molar-refractivity contribution in [1.29, 1.82) is 0 Å². The molecule has 2 aliphatic carbocycles. The van der Waals surface area contributed by atoms with E-state index >= 15 is 0 Å². The SMILES string of the molecule is CCC1CNC2(CCCC2)CN1CCC1CCCC(C)C1. The van der Waals surface area contributed by atoms with Crippen molar-refractivity contribution in [2.75, 3.05) is 19.6 Å². The second-order valence-electron chi connectivity index (χ2n) is 8.33. The molecule has 2 nitrogen and oxygen atoms in total. The van der Waals surface area contributed by atoms with Crippen molar-refractivity contribution in [3.8, 4) is 0 Å². The molecule has 0 radical (unpaired) electrons. The van der Waals surface area contributed by atoms with Gasteiger partial charge in [-0.25, -0.2) is 0 Å². The summed E-state index contributed by atoms with van der Waals surface area (Å²) in [6.07, 6.45) is 14.4. The predicted octanol–water partition coefficient (Wildman–Crippen LogP) is 4.20. The molecule has 1 N–H and O–H groups in total. The highest BCUT2D eigenvalue weighted by molar-refractivity contribution is 5.00. The normalized spacial score (nSPS) is 37.1. The number of nitrogens with zero attached hydrogens (tertiary/aromatic N) is 1. The molecule has 1 spiro atoms. The first kappa shape index (κ1) is 15.8. The average molecular weight is 293 g/mol. The molecule has 3 fully saturated rings. The topological polar surface area (TPSA) is 15.3 Å². The zero-order valence-corrected chi connectivity index (χ0v) is 14.4. The summed E-state index contributed by atoms with van der Waals surface area (Å²) < 4.78 is 0. The minimum absolute atomic E-state index is 0.492. The highest BCUT2D eigenvalue weighted by Crippen LogP contribution is 2.35. The van der Waals surface area contributed by atoms with Gasteiger partial charge in [0.1, 0.15) is 0 Å². The number of nitrogens with one attached hydrogen (secondary N) is 1. The molecule has 1 aliphatic heterocycles. The van der Waals surface area contributed by atoms with Crippen LogP contribution in [0, 0.1) is 11.8 Å². The monoisotopic (exact) mass is 292 g/mol. The van der Waals surface area contributed by atoms with E-state index in [1.54, 1.807) is 0 Å². The third-order valence-corrected chi connectivity index (χ3v) is 6.64. The van der Waals surface area contributed by atoms with Crippen molar-refractivity contribution in [2.24, 2.45) is 11.8 Å². The van der Waals surface area contributed by atoms with Gasteiger partial charge in [-0.15, -0.1) is 0 Å². The van der Waals surface area contributed by atoms with Crippen LogP contribution in [0.25, 0.3) is 0 Å². The van der Waals surface area contributed by atoms with Crippen LogP contribution in [-0.4, -0.2) is 36.1 Å². The summed E-state index contributed by atoms with van der Waals surface area (Å²) in [5.41, 5.74) is 0.492. The van der Waals surface area contributed by atoms with Crippen LogP contribution < -0.4 is 5.32 Å². The van der Waals surface area contributed by atoms with Gasteiger partial charge < -0.3 is 5.32 Å². The molecule has 1 saturated heterocycles. The number of hydrogen-bond acceptors (Lipinski definition) is 2. The van der Waals surface area contributed by atoms with E-state index < -0.39 is 0 Å². The van der Waals surface area contributed by atoms with E-state index in [0.29, 0.717) is 5.54 Å². The first-order valence-electron chi connectivity index (χ1n) is 9.70. The summed E-state index contributed by atoms with van der Waals surface area (Å²) >= 11 is 0. The first-order chi connectivity index (χ1) is 10.2. The van der Waals surface area contributed by atoms with Crippen molar-refractivity contribution in [3.05, 3.63) is 0 Å². The Labute approximate surface area is 132 Å². The summed E-state index contributed by atoms with van der Waals surface area (Å²) in [6.45, 7) is 8.75. The molecule has 0 amide bonds. The van der Waals surface area contributed by atoms with Gasteiger partial charge >= 0.3 is 0 Å². The Morgan fingerprint density at radius 3 is 2.67 bits per heavy atom. The minimum atomic E-state index is 0.492. The maximum atomic E-state index is 3.93. The molecule has 3 atom stereocenters. The van der Waals surface area contributed by atoms with E-state index in [-0.39, 0.29) is 0 Å². The highest BCUT2D eigenvalue weighted by atomic mass is 15.3. The molecule has 2 saturated carbocycles. The Hall–Kier alpha value is -0.0800. The molecule has 1 heterocycles. The van der Waals surface area contributed by atoms with Gasteiger partial charge in [-0.2, -0.15) is 0 Å². The van der Waals surface area contributed by atoms with Crippen LogP contribution in [0.2, 0.25) is 0 Å². The van der Waals surface area contributed by atoms with Crippen molar-refractivity contribution in [2.45, 2.75) is 89.6 Å². The molecule has 0 aromatic carbocycles. The van der Waals surface area contributed by atoms with Gasteiger partial charge in [0.2, 0.25) is 0 Å². The summed E-state index contributed by atoms with van der Waals surface area (Å²) in [6, 6.07) is 0.789. The van der Waals surface area contributed by atoms with E-state index in [1.807, 2.05) is 0 Å². The largest absolute Gasteiger partial charge is 0.308 e.